The van der Waals surface area contributed by atoms with Crippen molar-refractivity contribution in [2.75, 3.05) is 0 Å². The van der Waals surface area contributed by atoms with E-state index in [-0.39, 0.29) is 23.0 Å². The number of nitrogens with one attached hydrogen (secondary N) is 1. The predicted octanol–water partition coefficient (Wildman–Crippen LogP) is 2.37. The Hall–Kier alpha value is -1.21. The summed E-state index contributed by atoms with van der Waals surface area (Å²) in [7, 11) is -3.61. The van der Waals surface area contributed by atoms with Crippen LogP contribution in [0.4, 0.5) is 0 Å². The molecule has 1 saturated heterocycles. The molecule has 0 bridgehead atoms. The fraction of sp³-hybridized carbons (Fsp3) is 0.529. The molecule has 0 spiro atoms. The molecule has 2 aliphatic rings. The first-order chi connectivity index (χ1) is 10.7. The Kier molecular flexibility index (Phi) is 4.13. The fourth-order valence-corrected chi connectivity index (χ4v) is 4.29. The van der Waals surface area contributed by atoms with Crippen molar-refractivity contribution in [1.29, 1.82) is 0 Å². The zero-order chi connectivity index (χ0) is 16.8. The maximum atomic E-state index is 12.6. The minimum atomic E-state index is -3.61. The maximum Gasteiger partial charge on any atom is 0.241 e. The highest BCUT2D eigenvalue weighted by Crippen LogP contribution is 2.37. The molecule has 6 heteroatoms. The summed E-state index contributed by atoms with van der Waals surface area (Å²) in [5.41, 5.74) is 1.02. The first kappa shape index (κ1) is 16.6. The number of aryl methyl sites for hydroxylation is 1. The van der Waals surface area contributed by atoms with Crippen molar-refractivity contribution >= 4 is 10.0 Å². The zero-order valence-corrected chi connectivity index (χ0v) is 14.6. The quantitative estimate of drug-likeness (QED) is 0.860. The van der Waals surface area contributed by atoms with Gasteiger partial charge in [-0.05, 0) is 32.9 Å². The van der Waals surface area contributed by atoms with Gasteiger partial charge in [0.25, 0.3) is 0 Å². The van der Waals surface area contributed by atoms with E-state index in [9.17, 15) is 8.42 Å². The van der Waals surface area contributed by atoms with Gasteiger partial charge in [-0.2, -0.15) is 0 Å². The number of benzene rings is 1. The smallest absolute Gasteiger partial charge is 0.241 e. The second-order valence-corrected chi connectivity index (χ2v) is 8.48. The lowest BCUT2D eigenvalue weighted by molar-refractivity contribution is -0.148. The Morgan fingerprint density at radius 3 is 2.30 bits per heavy atom. The van der Waals surface area contributed by atoms with E-state index in [0.29, 0.717) is 0 Å². The number of fused-ring (bicyclic) bond motifs is 1. The average Bonchev–Trinajstić information content (AvgIpc) is 2.79. The van der Waals surface area contributed by atoms with Gasteiger partial charge in [-0.3, -0.25) is 0 Å². The summed E-state index contributed by atoms with van der Waals surface area (Å²) < 4.78 is 39.8. The van der Waals surface area contributed by atoms with Crippen LogP contribution in [-0.4, -0.2) is 32.5 Å². The third-order valence-electron chi connectivity index (χ3n) is 4.28. The summed E-state index contributed by atoms with van der Waals surface area (Å²) in [6, 6.07) is 6.35. The number of sulfonamides is 1. The molecule has 5 nitrogen and oxygen atoms in total. The molecule has 3 rings (SSSR count). The Balaban J connectivity index is 1.84. The van der Waals surface area contributed by atoms with Gasteiger partial charge in [0.05, 0.1) is 17.0 Å². The monoisotopic (exact) mass is 337 g/mol. The second kappa shape index (κ2) is 5.70. The summed E-state index contributed by atoms with van der Waals surface area (Å²) in [5.74, 6) is -0.523. The lowest BCUT2D eigenvalue weighted by Gasteiger charge is -2.31. The van der Waals surface area contributed by atoms with E-state index in [1.807, 2.05) is 39.8 Å². The van der Waals surface area contributed by atoms with Crippen LogP contribution >= 0.6 is 0 Å². The van der Waals surface area contributed by atoms with E-state index < -0.39 is 21.9 Å². The highest BCUT2D eigenvalue weighted by molar-refractivity contribution is 7.89. The van der Waals surface area contributed by atoms with Crippen LogP contribution < -0.4 is 4.72 Å². The van der Waals surface area contributed by atoms with Crippen LogP contribution in [-0.2, 0) is 19.5 Å². The number of ether oxygens (including phenoxy) is 2. The van der Waals surface area contributed by atoms with Crippen LogP contribution in [0.15, 0.2) is 41.3 Å². The molecule has 1 aromatic rings. The van der Waals surface area contributed by atoms with Crippen LogP contribution in [0, 0.1) is 12.8 Å². The first-order valence-electron chi connectivity index (χ1n) is 7.81. The standard InChI is InChI=1S/C17H23NO4S/c1-11-5-8-13(9-6-11)23(19,20)18-14-10-7-12(2)15-16(14)22-17(3,4)21-15/h5-10,12,14-16,18H,1-4H3/t12-,14+,15+,16-/m0/s1. The Labute approximate surface area is 137 Å². The summed E-state index contributed by atoms with van der Waals surface area (Å²) in [6.45, 7) is 7.67. The molecule has 23 heavy (non-hydrogen) atoms. The molecule has 0 unspecified atom stereocenters. The van der Waals surface area contributed by atoms with Crippen molar-refractivity contribution < 1.29 is 17.9 Å². The lowest BCUT2D eigenvalue weighted by atomic mass is 9.89. The molecule has 1 aliphatic heterocycles. The van der Waals surface area contributed by atoms with Gasteiger partial charge in [0.2, 0.25) is 10.0 Å². The minimum absolute atomic E-state index is 0.152. The molecule has 1 N–H and O–H groups in total. The van der Waals surface area contributed by atoms with Crippen LogP contribution in [0.2, 0.25) is 0 Å². The Morgan fingerprint density at radius 2 is 1.65 bits per heavy atom. The molecule has 1 heterocycles. The maximum absolute atomic E-state index is 12.6. The molecule has 0 amide bonds. The molecule has 0 saturated carbocycles. The first-order valence-corrected chi connectivity index (χ1v) is 9.29. The topological polar surface area (TPSA) is 64.6 Å². The zero-order valence-electron chi connectivity index (χ0n) is 13.8. The van der Waals surface area contributed by atoms with E-state index in [2.05, 4.69) is 4.72 Å². The predicted molar refractivity (Wildman–Crippen MR) is 87.4 cm³/mol. The molecule has 1 aliphatic carbocycles. The van der Waals surface area contributed by atoms with Crippen molar-refractivity contribution in [3.8, 4) is 0 Å². The van der Waals surface area contributed by atoms with Crippen molar-refractivity contribution in [2.24, 2.45) is 5.92 Å². The Bertz CT molecular complexity index is 709. The van der Waals surface area contributed by atoms with E-state index in [1.54, 1.807) is 24.3 Å². The summed E-state index contributed by atoms with van der Waals surface area (Å²) in [4.78, 5) is 0.254. The third-order valence-corrected chi connectivity index (χ3v) is 5.76. The second-order valence-electron chi connectivity index (χ2n) is 6.77. The lowest BCUT2D eigenvalue weighted by Crippen LogP contribution is -2.49. The van der Waals surface area contributed by atoms with E-state index in [4.69, 9.17) is 9.47 Å². The molecule has 0 radical (unpaired) electrons. The minimum Gasteiger partial charge on any atom is -0.344 e. The van der Waals surface area contributed by atoms with Gasteiger partial charge in [0.1, 0.15) is 6.10 Å². The Morgan fingerprint density at radius 1 is 1.04 bits per heavy atom. The van der Waals surface area contributed by atoms with Crippen LogP contribution in [0.25, 0.3) is 0 Å². The molecular weight excluding hydrogens is 314 g/mol. The van der Waals surface area contributed by atoms with Gasteiger partial charge >= 0.3 is 0 Å². The third kappa shape index (κ3) is 3.35. The molecule has 0 aromatic heterocycles. The van der Waals surface area contributed by atoms with Gasteiger partial charge in [0.15, 0.2) is 5.79 Å². The van der Waals surface area contributed by atoms with Gasteiger partial charge in [-0.15, -0.1) is 0 Å². The summed E-state index contributed by atoms with van der Waals surface area (Å²) in [6.07, 6.45) is 3.36. The average molecular weight is 337 g/mol. The molecule has 4 atom stereocenters. The van der Waals surface area contributed by atoms with Crippen LogP contribution in [0.5, 0.6) is 0 Å². The summed E-state index contributed by atoms with van der Waals surface area (Å²) in [5, 5.41) is 0. The van der Waals surface area contributed by atoms with Crippen molar-refractivity contribution in [1.82, 2.24) is 4.72 Å². The van der Waals surface area contributed by atoms with Crippen molar-refractivity contribution in [3.63, 3.8) is 0 Å². The highest BCUT2D eigenvalue weighted by Gasteiger charge is 2.48. The molecule has 1 aromatic carbocycles. The number of rotatable bonds is 3. The van der Waals surface area contributed by atoms with Crippen LogP contribution in [0.1, 0.15) is 26.3 Å². The van der Waals surface area contributed by atoms with Gasteiger partial charge < -0.3 is 9.47 Å². The van der Waals surface area contributed by atoms with E-state index in [0.717, 1.165) is 5.56 Å². The molecule has 126 valence electrons. The van der Waals surface area contributed by atoms with Gasteiger partial charge in [-0.25, -0.2) is 13.1 Å². The number of hydrogen-bond donors (Lipinski definition) is 1. The van der Waals surface area contributed by atoms with Gasteiger partial charge in [-0.1, -0.05) is 36.8 Å². The SMILES string of the molecule is Cc1ccc(S(=O)(=O)N[C@@H]2C=C[C@H](C)[C@H]3OC(C)(C)O[C@H]32)cc1. The molecule has 1 fully saturated rings. The largest absolute Gasteiger partial charge is 0.344 e. The summed E-state index contributed by atoms with van der Waals surface area (Å²) >= 11 is 0. The highest BCUT2D eigenvalue weighted by atomic mass is 32.2. The van der Waals surface area contributed by atoms with E-state index in [1.165, 1.54) is 0 Å². The van der Waals surface area contributed by atoms with Crippen molar-refractivity contribution in [3.05, 3.63) is 42.0 Å². The van der Waals surface area contributed by atoms with Crippen LogP contribution in [0.3, 0.4) is 0 Å². The van der Waals surface area contributed by atoms with E-state index >= 15 is 0 Å². The normalized spacial score (nSPS) is 32.7. The van der Waals surface area contributed by atoms with Crippen molar-refractivity contribution in [2.45, 2.75) is 56.6 Å². The molecular formula is C17H23NO4S. The van der Waals surface area contributed by atoms with Gasteiger partial charge in [0, 0.05) is 5.92 Å². The number of hydrogen-bond acceptors (Lipinski definition) is 4. The fourth-order valence-electron chi connectivity index (χ4n) is 3.09.